The van der Waals surface area contributed by atoms with Crippen molar-refractivity contribution in [2.24, 2.45) is 0 Å². The van der Waals surface area contributed by atoms with E-state index in [9.17, 15) is 0 Å². The summed E-state index contributed by atoms with van der Waals surface area (Å²) in [5.41, 5.74) is 0. The Morgan fingerprint density at radius 3 is 1.33 bits per heavy atom. The molecule has 0 aliphatic carbocycles. The number of unbranched alkanes of at least 4 members (excludes halogenated alkanes) is 11. The van der Waals surface area contributed by atoms with Gasteiger partial charge in [0.1, 0.15) is 0 Å². The molecule has 0 N–H and O–H groups in total. The highest BCUT2D eigenvalue weighted by Crippen LogP contribution is 2.12. The van der Waals surface area contributed by atoms with E-state index >= 15 is 0 Å². The van der Waals surface area contributed by atoms with Gasteiger partial charge in [0, 0.05) is 9.52 Å². The van der Waals surface area contributed by atoms with Crippen LogP contribution in [0.2, 0.25) is 12.1 Å². The second-order valence-electron chi connectivity index (χ2n) is 5.95. The number of hydrogen-bond acceptors (Lipinski definition) is 0. The Hall–Kier alpha value is 0.217. The maximum absolute atomic E-state index is 2.33. The third-order valence-electron chi connectivity index (χ3n) is 3.96. The molecule has 0 rings (SSSR count). The highest BCUT2D eigenvalue weighted by atomic mass is 28.2. The quantitative estimate of drug-likeness (QED) is 0.249. The molecule has 0 amide bonds. The van der Waals surface area contributed by atoms with Crippen molar-refractivity contribution in [3.05, 3.63) is 0 Å². The van der Waals surface area contributed by atoms with Crippen LogP contribution in [0.3, 0.4) is 0 Å². The summed E-state index contributed by atoms with van der Waals surface area (Å²) in [6.45, 7) is 4.62. The Balaban J connectivity index is 2.86. The van der Waals surface area contributed by atoms with Crippen molar-refractivity contribution in [3.8, 4) is 0 Å². The minimum Gasteiger partial charge on any atom is -0.0657 e. The van der Waals surface area contributed by atoms with Gasteiger partial charge in [-0.1, -0.05) is 109 Å². The predicted octanol–water partition coefficient (Wildman–Crippen LogP) is 6.10. The Labute approximate surface area is 119 Å². The lowest BCUT2D eigenvalue weighted by atomic mass is 10.1. The van der Waals surface area contributed by atoms with E-state index in [-0.39, 0.29) is 0 Å². The third-order valence-corrected chi connectivity index (χ3v) is 6.16. The summed E-state index contributed by atoms with van der Waals surface area (Å²) in [5.74, 6) is 0. The summed E-state index contributed by atoms with van der Waals surface area (Å²) in [7, 11) is 0.353. The first kappa shape index (κ1) is 18.2. The Kier molecular flexibility index (Phi) is 17.4. The molecule has 0 radical (unpaired) electrons. The van der Waals surface area contributed by atoms with E-state index in [1.165, 1.54) is 77.0 Å². The molecule has 0 aromatic rings. The van der Waals surface area contributed by atoms with E-state index in [1.807, 2.05) is 0 Å². The van der Waals surface area contributed by atoms with Crippen LogP contribution in [0.15, 0.2) is 0 Å². The molecule has 110 valence electrons. The molecule has 1 heteroatoms. The lowest BCUT2D eigenvalue weighted by Crippen LogP contribution is -1.88. The molecule has 0 saturated heterocycles. The van der Waals surface area contributed by atoms with E-state index in [0.717, 1.165) is 0 Å². The fourth-order valence-electron chi connectivity index (χ4n) is 2.62. The van der Waals surface area contributed by atoms with Crippen LogP contribution >= 0.6 is 0 Å². The smallest absolute Gasteiger partial charge is 0.0197 e. The van der Waals surface area contributed by atoms with Crippen LogP contribution in [0.4, 0.5) is 0 Å². The van der Waals surface area contributed by atoms with Crippen LogP contribution < -0.4 is 0 Å². The van der Waals surface area contributed by atoms with Crippen LogP contribution in [0.5, 0.6) is 0 Å². The number of hydrogen-bond donors (Lipinski definition) is 0. The molecule has 0 aromatic heterocycles. The van der Waals surface area contributed by atoms with E-state index in [2.05, 4.69) is 13.8 Å². The normalized spacial score (nSPS) is 11.7. The van der Waals surface area contributed by atoms with E-state index in [1.54, 1.807) is 18.5 Å². The molecule has 0 aliphatic heterocycles. The van der Waals surface area contributed by atoms with Gasteiger partial charge in [0.05, 0.1) is 0 Å². The summed E-state index contributed by atoms with van der Waals surface area (Å²) in [4.78, 5) is 0. The van der Waals surface area contributed by atoms with Gasteiger partial charge >= 0.3 is 0 Å². The topological polar surface area (TPSA) is 0 Å². The minimum atomic E-state index is 0.353. The van der Waals surface area contributed by atoms with Gasteiger partial charge in [-0.25, -0.2) is 0 Å². The van der Waals surface area contributed by atoms with Crippen molar-refractivity contribution >= 4 is 9.52 Å². The molecule has 18 heavy (non-hydrogen) atoms. The average molecular weight is 271 g/mol. The van der Waals surface area contributed by atoms with Gasteiger partial charge in [0.25, 0.3) is 0 Å². The highest BCUT2D eigenvalue weighted by molar-refractivity contribution is 6.35. The molecule has 0 bridgehead atoms. The van der Waals surface area contributed by atoms with Crippen molar-refractivity contribution in [2.75, 3.05) is 0 Å². The molecule has 0 unspecified atom stereocenters. The van der Waals surface area contributed by atoms with Gasteiger partial charge in [-0.3, -0.25) is 0 Å². The van der Waals surface area contributed by atoms with Crippen LogP contribution in [0, 0.1) is 0 Å². The summed E-state index contributed by atoms with van der Waals surface area (Å²) < 4.78 is 0. The first-order valence-electron chi connectivity index (χ1n) is 8.91. The summed E-state index contributed by atoms with van der Waals surface area (Å²) in [6.07, 6.45) is 19.3. The fraction of sp³-hybridized carbons (Fsp3) is 1.00. The Bertz CT molecular complexity index is 118. The van der Waals surface area contributed by atoms with Crippen molar-refractivity contribution in [1.82, 2.24) is 0 Å². The molecular formula is C17H38Si. The summed E-state index contributed by atoms with van der Waals surface area (Å²) >= 11 is 0. The van der Waals surface area contributed by atoms with Crippen LogP contribution in [-0.2, 0) is 0 Å². The van der Waals surface area contributed by atoms with Gasteiger partial charge in [-0.15, -0.1) is 0 Å². The molecule has 0 atom stereocenters. The third kappa shape index (κ3) is 16.2. The van der Waals surface area contributed by atoms with Gasteiger partial charge < -0.3 is 0 Å². The molecule has 0 fully saturated rings. The first-order valence-corrected chi connectivity index (χ1v) is 10.9. The standard InChI is InChI=1S/C17H38Si/c1-3-5-6-7-8-9-10-11-12-13-14-15-17-18-16-4-2/h3-18H2,1-2H3. The summed E-state index contributed by atoms with van der Waals surface area (Å²) in [5, 5.41) is 0. The molecule has 0 heterocycles. The second kappa shape index (κ2) is 17.2. The first-order chi connectivity index (χ1) is 8.91. The van der Waals surface area contributed by atoms with Gasteiger partial charge in [0.2, 0.25) is 0 Å². The van der Waals surface area contributed by atoms with Crippen molar-refractivity contribution < 1.29 is 0 Å². The molecule has 0 nitrogen and oxygen atoms in total. The SMILES string of the molecule is CCCCCCCCCCCCCC[SiH2]CCC. The zero-order valence-electron chi connectivity index (χ0n) is 13.3. The second-order valence-corrected chi connectivity index (χ2v) is 8.07. The maximum Gasteiger partial charge on any atom is 0.0197 e. The average Bonchev–Trinajstić information content (AvgIpc) is 2.39. The zero-order valence-corrected chi connectivity index (χ0v) is 14.7. The van der Waals surface area contributed by atoms with Gasteiger partial charge in [-0.2, -0.15) is 0 Å². The highest BCUT2D eigenvalue weighted by Gasteiger charge is 1.93. The largest absolute Gasteiger partial charge is 0.0657 e. The van der Waals surface area contributed by atoms with Gasteiger partial charge in [0.15, 0.2) is 0 Å². The molecule has 0 spiro atoms. The van der Waals surface area contributed by atoms with Crippen molar-refractivity contribution in [3.63, 3.8) is 0 Å². The zero-order chi connectivity index (χ0) is 13.3. The lowest BCUT2D eigenvalue weighted by molar-refractivity contribution is 0.547. The molecule has 0 aliphatic rings. The predicted molar refractivity (Wildman–Crippen MR) is 89.5 cm³/mol. The molecule has 0 saturated carbocycles. The van der Waals surface area contributed by atoms with Gasteiger partial charge in [-0.05, 0) is 0 Å². The lowest BCUT2D eigenvalue weighted by Gasteiger charge is -2.02. The number of rotatable bonds is 15. The minimum absolute atomic E-state index is 0.353. The maximum atomic E-state index is 2.33. The van der Waals surface area contributed by atoms with Crippen LogP contribution in [-0.4, -0.2) is 9.52 Å². The Morgan fingerprint density at radius 2 is 0.889 bits per heavy atom. The monoisotopic (exact) mass is 270 g/mol. The van der Waals surface area contributed by atoms with Crippen LogP contribution in [0.1, 0.15) is 97.3 Å². The van der Waals surface area contributed by atoms with E-state index in [0.29, 0.717) is 9.52 Å². The van der Waals surface area contributed by atoms with Crippen molar-refractivity contribution in [1.29, 1.82) is 0 Å². The molecule has 0 aromatic carbocycles. The van der Waals surface area contributed by atoms with E-state index < -0.39 is 0 Å². The Morgan fingerprint density at radius 1 is 0.444 bits per heavy atom. The summed E-state index contributed by atoms with van der Waals surface area (Å²) in [6, 6.07) is 3.20. The van der Waals surface area contributed by atoms with Crippen molar-refractivity contribution in [2.45, 2.75) is 109 Å². The fourth-order valence-corrected chi connectivity index (χ4v) is 4.18. The van der Waals surface area contributed by atoms with Crippen LogP contribution in [0.25, 0.3) is 0 Å². The molecular weight excluding hydrogens is 232 g/mol. The van der Waals surface area contributed by atoms with E-state index in [4.69, 9.17) is 0 Å².